The third-order valence-electron chi connectivity index (χ3n) is 3.79. The number of morpholine rings is 1. The first kappa shape index (κ1) is 11.7. The van der Waals surface area contributed by atoms with Gasteiger partial charge < -0.3 is 15.4 Å². The molecule has 0 atom stereocenters. The molecule has 3 rings (SSSR count). The Kier molecular flexibility index (Phi) is 2.84. The summed E-state index contributed by atoms with van der Waals surface area (Å²) in [6.07, 6.45) is 2.09. The summed E-state index contributed by atoms with van der Waals surface area (Å²) in [7, 11) is 0. The van der Waals surface area contributed by atoms with Crippen molar-refractivity contribution in [2.24, 2.45) is 5.73 Å². The van der Waals surface area contributed by atoms with E-state index in [0.29, 0.717) is 26.3 Å². The van der Waals surface area contributed by atoms with Gasteiger partial charge in [-0.15, -0.1) is 0 Å². The van der Waals surface area contributed by atoms with Crippen molar-refractivity contribution in [3.05, 3.63) is 35.4 Å². The highest BCUT2D eigenvalue weighted by molar-refractivity contribution is 5.94. The molecule has 1 aromatic rings. The Bertz CT molecular complexity index is 445. The molecule has 96 valence electrons. The van der Waals surface area contributed by atoms with Gasteiger partial charge in [0.05, 0.1) is 13.2 Å². The van der Waals surface area contributed by atoms with E-state index in [2.05, 4.69) is 0 Å². The molecule has 1 aliphatic carbocycles. The lowest BCUT2D eigenvalue weighted by molar-refractivity contribution is 0.0303. The van der Waals surface area contributed by atoms with E-state index in [0.717, 1.165) is 24.0 Å². The van der Waals surface area contributed by atoms with Crippen molar-refractivity contribution in [1.82, 2.24) is 4.90 Å². The minimum absolute atomic E-state index is 0.0896. The molecular formula is C14H18N2O2. The van der Waals surface area contributed by atoms with Gasteiger partial charge in [0.15, 0.2) is 0 Å². The quantitative estimate of drug-likeness (QED) is 0.850. The highest BCUT2D eigenvalue weighted by Gasteiger charge is 2.39. The molecule has 1 amide bonds. The zero-order chi connectivity index (χ0) is 12.6. The smallest absolute Gasteiger partial charge is 0.254 e. The lowest BCUT2D eigenvalue weighted by atomic mass is 10.0. The number of nitrogens with zero attached hydrogens (tertiary/aromatic N) is 1. The molecule has 1 heterocycles. The predicted octanol–water partition coefficient (Wildman–Crippen LogP) is 1.11. The first-order valence-corrected chi connectivity index (χ1v) is 6.45. The molecule has 0 bridgehead atoms. The topological polar surface area (TPSA) is 55.6 Å². The fraction of sp³-hybridized carbons (Fsp3) is 0.500. The van der Waals surface area contributed by atoms with E-state index in [-0.39, 0.29) is 11.4 Å². The number of benzene rings is 1. The zero-order valence-corrected chi connectivity index (χ0v) is 10.4. The molecule has 2 aliphatic rings. The normalized spacial score (nSPS) is 21.7. The largest absolute Gasteiger partial charge is 0.378 e. The number of rotatable bonds is 2. The van der Waals surface area contributed by atoms with Gasteiger partial charge in [-0.3, -0.25) is 4.79 Å². The number of hydrogen-bond acceptors (Lipinski definition) is 3. The molecule has 2 N–H and O–H groups in total. The molecule has 0 radical (unpaired) electrons. The van der Waals surface area contributed by atoms with Gasteiger partial charge in [0.2, 0.25) is 0 Å². The average molecular weight is 246 g/mol. The van der Waals surface area contributed by atoms with E-state index < -0.39 is 0 Å². The number of hydrogen-bond donors (Lipinski definition) is 1. The maximum atomic E-state index is 12.2. The molecule has 2 fully saturated rings. The first-order valence-electron chi connectivity index (χ1n) is 6.45. The molecule has 1 aromatic carbocycles. The van der Waals surface area contributed by atoms with Crippen LogP contribution >= 0.6 is 0 Å². The second-order valence-corrected chi connectivity index (χ2v) is 5.14. The third kappa shape index (κ3) is 2.13. The molecule has 1 aliphatic heterocycles. The van der Waals surface area contributed by atoms with Crippen LogP contribution in [0.1, 0.15) is 28.8 Å². The van der Waals surface area contributed by atoms with Gasteiger partial charge in [0.25, 0.3) is 5.91 Å². The number of carbonyl (C=O) groups is 1. The molecule has 0 spiro atoms. The van der Waals surface area contributed by atoms with Crippen molar-refractivity contribution < 1.29 is 9.53 Å². The maximum Gasteiger partial charge on any atom is 0.254 e. The number of amides is 1. The third-order valence-corrected chi connectivity index (χ3v) is 3.79. The van der Waals surface area contributed by atoms with E-state index in [9.17, 15) is 4.79 Å². The minimum Gasteiger partial charge on any atom is -0.378 e. The zero-order valence-electron chi connectivity index (χ0n) is 10.4. The van der Waals surface area contributed by atoms with E-state index in [4.69, 9.17) is 10.5 Å². The number of nitrogens with two attached hydrogens (primary N) is 1. The number of carbonyl (C=O) groups excluding carboxylic acids is 1. The van der Waals surface area contributed by atoms with Gasteiger partial charge in [-0.2, -0.15) is 0 Å². The lowest BCUT2D eigenvalue weighted by Gasteiger charge is -2.27. The average Bonchev–Trinajstić information content (AvgIpc) is 3.18. The first-order chi connectivity index (χ1) is 8.69. The van der Waals surface area contributed by atoms with Gasteiger partial charge >= 0.3 is 0 Å². The Hall–Kier alpha value is -1.39. The van der Waals surface area contributed by atoms with Gasteiger partial charge in [-0.05, 0) is 30.5 Å². The van der Waals surface area contributed by atoms with Crippen LogP contribution in [-0.4, -0.2) is 37.1 Å². The van der Waals surface area contributed by atoms with Crippen LogP contribution in [0.5, 0.6) is 0 Å². The Morgan fingerprint density at radius 2 is 1.78 bits per heavy atom. The highest BCUT2D eigenvalue weighted by atomic mass is 16.5. The van der Waals surface area contributed by atoms with E-state index in [1.165, 1.54) is 0 Å². The highest BCUT2D eigenvalue weighted by Crippen LogP contribution is 2.42. The second kappa shape index (κ2) is 4.37. The molecule has 1 saturated carbocycles. The SMILES string of the molecule is NC1(c2ccc(C(=O)N3CCOCC3)cc2)CC1. The monoisotopic (exact) mass is 246 g/mol. The molecule has 0 unspecified atom stereocenters. The Morgan fingerprint density at radius 1 is 1.17 bits per heavy atom. The number of ether oxygens (including phenoxy) is 1. The van der Waals surface area contributed by atoms with Gasteiger partial charge in [0, 0.05) is 24.2 Å². The Labute approximate surface area is 107 Å². The summed E-state index contributed by atoms with van der Waals surface area (Å²) in [5, 5.41) is 0. The molecule has 4 nitrogen and oxygen atoms in total. The Morgan fingerprint density at radius 3 is 2.33 bits per heavy atom. The minimum atomic E-state index is -0.124. The van der Waals surface area contributed by atoms with Crippen molar-refractivity contribution >= 4 is 5.91 Å². The molecule has 18 heavy (non-hydrogen) atoms. The van der Waals surface area contributed by atoms with Crippen LogP contribution in [0, 0.1) is 0 Å². The summed E-state index contributed by atoms with van der Waals surface area (Å²) in [6.45, 7) is 2.63. The summed E-state index contributed by atoms with van der Waals surface area (Å²) in [5.74, 6) is 0.0896. The van der Waals surface area contributed by atoms with Crippen LogP contribution in [0.4, 0.5) is 0 Å². The van der Waals surface area contributed by atoms with Gasteiger partial charge in [-0.1, -0.05) is 12.1 Å². The van der Waals surface area contributed by atoms with Crippen molar-refractivity contribution in [1.29, 1.82) is 0 Å². The molecule has 4 heteroatoms. The van der Waals surface area contributed by atoms with E-state index in [1.54, 1.807) is 0 Å². The summed E-state index contributed by atoms with van der Waals surface area (Å²) in [4.78, 5) is 14.1. The van der Waals surface area contributed by atoms with Crippen LogP contribution in [0.3, 0.4) is 0 Å². The fourth-order valence-corrected chi connectivity index (χ4v) is 2.32. The van der Waals surface area contributed by atoms with Crippen molar-refractivity contribution in [3.8, 4) is 0 Å². The van der Waals surface area contributed by atoms with Gasteiger partial charge in [0.1, 0.15) is 0 Å². The maximum absolute atomic E-state index is 12.2. The predicted molar refractivity (Wildman–Crippen MR) is 68.3 cm³/mol. The van der Waals surface area contributed by atoms with Gasteiger partial charge in [-0.25, -0.2) is 0 Å². The van der Waals surface area contributed by atoms with Crippen LogP contribution in [-0.2, 0) is 10.3 Å². The lowest BCUT2D eigenvalue weighted by Crippen LogP contribution is -2.40. The summed E-state index contributed by atoms with van der Waals surface area (Å²) >= 11 is 0. The van der Waals surface area contributed by atoms with Crippen molar-refractivity contribution in [3.63, 3.8) is 0 Å². The van der Waals surface area contributed by atoms with Crippen LogP contribution in [0.25, 0.3) is 0 Å². The van der Waals surface area contributed by atoms with Crippen LogP contribution in [0.15, 0.2) is 24.3 Å². The Balaban J connectivity index is 1.73. The summed E-state index contributed by atoms with van der Waals surface area (Å²) in [5.41, 5.74) is 7.88. The second-order valence-electron chi connectivity index (χ2n) is 5.14. The summed E-state index contributed by atoms with van der Waals surface area (Å²) in [6, 6.07) is 7.75. The molecule has 0 aromatic heterocycles. The van der Waals surface area contributed by atoms with Crippen molar-refractivity contribution in [2.75, 3.05) is 26.3 Å². The van der Waals surface area contributed by atoms with Crippen LogP contribution < -0.4 is 5.73 Å². The van der Waals surface area contributed by atoms with E-state index in [1.807, 2.05) is 29.2 Å². The molecule has 1 saturated heterocycles. The van der Waals surface area contributed by atoms with Crippen molar-refractivity contribution in [2.45, 2.75) is 18.4 Å². The molecular weight excluding hydrogens is 228 g/mol. The van der Waals surface area contributed by atoms with Crippen LogP contribution in [0.2, 0.25) is 0 Å². The fourth-order valence-electron chi connectivity index (χ4n) is 2.32. The standard InChI is InChI=1S/C14H18N2O2/c15-14(5-6-14)12-3-1-11(2-4-12)13(17)16-7-9-18-10-8-16/h1-4H,5-10,15H2. The van der Waals surface area contributed by atoms with E-state index >= 15 is 0 Å². The summed E-state index contributed by atoms with van der Waals surface area (Å²) < 4.78 is 5.25.